The fourth-order valence-corrected chi connectivity index (χ4v) is 5.15. The molecule has 166 valence electrons. The summed E-state index contributed by atoms with van der Waals surface area (Å²) >= 11 is 1.49. The van der Waals surface area contributed by atoms with Gasteiger partial charge >= 0.3 is 0 Å². The number of rotatable bonds is 8. The molecule has 2 aromatic carbocycles. The number of sulfonamides is 1. The summed E-state index contributed by atoms with van der Waals surface area (Å²) in [6, 6.07) is 16.9. The molecule has 2 amide bonds. The van der Waals surface area contributed by atoms with Crippen LogP contribution in [0.25, 0.3) is 0 Å². The zero-order chi connectivity index (χ0) is 22.6. The summed E-state index contributed by atoms with van der Waals surface area (Å²) in [6.07, 6.45) is 1.59. The van der Waals surface area contributed by atoms with Crippen LogP contribution >= 0.6 is 11.8 Å². The van der Waals surface area contributed by atoms with Crippen molar-refractivity contribution in [1.29, 1.82) is 0 Å². The molecule has 0 bridgehead atoms. The lowest BCUT2D eigenvalue weighted by atomic mass is 10.2. The van der Waals surface area contributed by atoms with Crippen LogP contribution in [0.15, 0.2) is 81.1 Å². The van der Waals surface area contributed by atoms with Crippen LogP contribution in [0.4, 0.5) is 11.4 Å². The molecule has 2 heterocycles. The molecular weight excluding hydrogens is 450 g/mol. The normalized spacial score (nSPS) is 13.6. The third-order valence-corrected chi connectivity index (χ3v) is 7.30. The monoisotopic (exact) mass is 471 g/mol. The zero-order valence-electron chi connectivity index (χ0n) is 17.0. The number of para-hydroxylation sites is 1. The summed E-state index contributed by atoms with van der Waals surface area (Å²) in [7, 11) is -3.71. The van der Waals surface area contributed by atoms with E-state index in [1.54, 1.807) is 17.0 Å². The van der Waals surface area contributed by atoms with Gasteiger partial charge in [0.2, 0.25) is 21.8 Å². The number of fused-ring (bicyclic) bond motifs is 1. The summed E-state index contributed by atoms with van der Waals surface area (Å²) in [5.74, 6) is 0.562. The third kappa shape index (κ3) is 5.21. The second-order valence-corrected chi connectivity index (χ2v) is 9.81. The molecule has 0 saturated carbocycles. The summed E-state index contributed by atoms with van der Waals surface area (Å²) < 4.78 is 32.4. The van der Waals surface area contributed by atoms with Gasteiger partial charge < -0.3 is 14.6 Å². The molecule has 0 spiro atoms. The fraction of sp³-hybridized carbons (Fsp3) is 0.182. The quantitative estimate of drug-likeness (QED) is 0.522. The third-order valence-electron chi connectivity index (χ3n) is 4.84. The molecule has 0 radical (unpaired) electrons. The van der Waals surface area contributed by atoms with E-state index >= 15 is 0 Å². The van der Waals surface area contributed by atoms with Crippen molar-refractivity contribution in [3.8, 4) is 0 Å². The average Bonchev–Trinajstić information content (AvgIpc) is 3.31. The number of nitrogens with zero attached hydrogens (tertiary/aromatic N) is 1. The van der Waals surface area contributed by atoms with Gasteiger partial charge in [-0.15, -0.1) is 11.8 Å². The van der Waals surface area contributed by atoms with Crippen LogP contribution in [-0.2, 0) is 26.2 Å². The van der Waals surface area contributed by atoms with E-state index in [1.165, 1.54) is 42.3 Å². The average molecular weight is 472 g/mol. The molecule has 1 aromatic heterocycles. The van der Waals surface area contributed by atoms with E-state index in [9.17, 15) is 18.0 Å². The van der Waals surface area contributed by atoms with Crippen LogP contribution in [0.1, 0.15) is 12.2 Å². The molecule has 2 N–H and O–H groups in total. The maximum absolute atomic E-state index is 12.4. The lowest BCUT2D eigenvalue weighted by Crippen LogP contribution is -2.37. The van der Waals surface area contributed by atoms with Crippen molar-refractivity contribution in [1.82, 2.24) is 4.72 Å². The lowest BCUT2D eigenvalue weighted by Gasteiger charge is -2.28. The molecule has 8 nitrogen and oxygen atoms in total. The van der Waals surface area contributed by atoms with Crippen LogP contribution in [-0.4, -0.2) is 32.5 Å². The van der Waals surface area contributed by atoms with Crippen molar-refractivity contribution < 1.29 is 22.4 Å². The highest BCUT2D eigenvalue weighted by molar-refractivity contribution is 8.00. The molecule has 3 aromatic rings. The van der Waals surface area contributed by atoms with Crippen molar-refractivity contribution in [3.05, 3.63) is 72.7 Å². The Morgan fingerprint density at radius 3 is 2.59 bits per heavy atom. The highest BCUT2D eigenvalue weighted by Crippen LogP contribution is 2.34. The molecule has 1 aliphatic heterocycles. The number of carbonyl (C=O) groups excluding carboxylic acids is 2. The molecule has 0 aliphatic carbocycles. The van der Waals surface area contributed by atoms with Gasteiger partial charge in [-0.1, -0.05) is 12.1 Å². The molecule has 32 heavy (non-hydrogen) atoms. The van der Waals surface area contributed by atoms with Gasteiger partial charge in [0.15, 0.2) is 0 Å². The Bertz CT molecular complexity index is 1210. The number of amides is 2. The van der Waals surface area contributed by atoms with E-state index in [-0.39, 0.29) is 36.2 Å². The Balaban J connectivity index is 1.33. The van der Waals surface area contributed by atoms with E-state index in [0.717, 1.165) is 10.6 Å². The van der Waals surface area contributed by atoms with Crippen molar-refractivity contribution >= 4 is 45.0 Å². The van der Waals surface area contributed by atoms with Gasteiger partial charge in [-0.05, 0) is 48.5 Å². The highest BCUT2D eigenvalue weighted by Gasteiger charge is 2.24. The van der Waals surface area contributed by atoms with Crippen molar-refractivity contribution in [2.75, 3.05) is 22.5 Å². The second-order valence-electron chi connectivity index (χ2n) is 7.03. The largest absolute Gasteiger partial charge is 0.468 e. The Labute approximate surface area is 190 Å². The van der Waals surface area contributed by atoms with Crippen molar-refractivity contribution in [2.24, 2.45) is 0 Å². The summed E-state index contributed by atoms with van der Waals surface area (Å²) in [5, 5.41) is 2.74. The van der Waals surface area contributed by atoms with Crippen LogP contribution < -0.4 is 14.9 Å². The minimum atomic E-state index is -3.71. The topological polar surface area (TPSA) is 109 Å². The second kappa shape index (κ2) is 9.60. The first-order valence-corrected chi connectivity index (χ1v) is 12.3. The number of carbonyl (C=O) groups is 2. The van der Waals surface area contributed by atoms with E-state index < -0.39 is 10.0 Å². The number of hydrogen-bond donors (Lipinski definition) is 2. The van der Waals surface area contributed by atoms with Crippen LogP contribution in [0, 0.1) is 0 Å². The SMILES string of the molecule is O=C(CCN1C(=O)CSc2ccccc21)Nc1ccc(S(=O)(=O)NCc2ccco2)cc1. The molecule has 10 heteroatoms. The lowest BCUT2D eigenvalue weighted by molar-refractivity contribution is -0.117. The summed E-state index contributed by atoms with van der Waals surface area (Å²) in [6.45, 7) is 0.316. The van der Waals surface area contributed by atoms with Crippen molar-refractivity contribution in [2.45, 2.75) is 22.8 Å². The molecule has 0 fully saturated rings. The maximum atomic E-state index is 12.4. The minimum Gasteiger partial charge on any atom is -0.468 e. The number of hydrogen-bond acceptors (Lipinski definition) is 6. The van der Waals surface area contributed by atoms with Gasteiger partial charge in [0, 0.05) is 23.5 Å². The Hall–Kier alpha value is -3.08. The van der Waals surface area contributed by atoms with E-state index in [1.807, 2.05) is 24.3 Å². The number of anilines is 2. The molecule has 0 unspecified atom stereocenters. The number of furan rings is 1. The Kier molecular flexibility index (Phi) is 6.63. The Morgan fingerprint density at radius 2 is 1.84 bits per heavy atom. The number of benzene rings is 2. The van der Waals surface area contributed by atoms with Gasteiger partial charge in [0.1, 0.15) is 5.76 Å². The van der Waals surface area contributed by atoms with Gasteiger partial charge in [-0.3, -0.25) is 9.59 Å². The smallest absolute Gasteiger partial charge is 0.240 e. The number of nitrogens with one attached hydrogen (secondary N) is 2. The van der Waals surface area contributed by atoms with Crippen molar-refractivity contribution in [3.63, 3.8) is 0 Å². The first-order valence-electron chi connectivity index (χ1n) is 9.86. The summed E-state index contributed by atoms with van der Waals surface area (Å²) in [5.41, 5.74) is 1.29. The first-order chi connectivity index (χ1) is 15.4. The van der Waals surface area contributed by atoms with E-state index in [2.05, 4.69) is 10.0 Å². The Morgan fingerprint density at radius 1 is 1.06 bits per heavy atom. The van der Waals surface area contributed by atoms with Gasteiger partial charge in [0.05, 0.1) is 29.1 Å². The van der Waals surface area contributed by atoms with Crippen LogP contribution in [0.2, 0.25) is 0 Å². The first kappa shape index (κ1) is 22.1. The number of thioether (sulfide) groups is 1. The molecule has 0 atom stereocenters. The highest BCUT2D eigenvalue weighted by atomic mass is 32.2. The van der Waals surface area contributed by atoms with Crippen LogP contribution in [0.3, 0.4) is 0 Å². The maximum Gasteiger partial charge on any atom is 0.240 e. The van der Waals surface area contributed by atoms with Gasteiger partial charge in [-0.2, -0.15) is 0 Å². The zero-order valence-corrected chi connectivity index (χ0v) is 18.6. The minimum absolute atomic E-state index is 0.0295. The van der Waals surface area contributed by atoms with Gasteiger partial charge in [0.25, 0.3) is 0 Å². The molecule has 4 rings (SSSR count). The molecular formula is C22H21N3O5S2. The predicted octanol–water partition coefficient (Wildman–Crippen LogP) is 3.23. The molecule has 0 saturated heterocycles. The summed E-state index contributed by atoms with van der Waals surface area (Å²) in [4.78, 5) is 27.4. The predicted molar refractivity (Wildman–Crippen MR) is 122 cm³/mol. The van der Waals surface area contributed by atoms with Gasteiger partial charge in [-0.25, -0.2) is 13.1 Å². The van der Waals surface area contributed by atoms with E-state index in [4.69, 9.17) is 4.42 Å². The van der Waals surface area contributed by atoms with Crippen LogP contribution in [0.5, 0.6) is 0 Å². The molecule has 1 aliphatic rings. The fourth-order valence-electron chi connectivity index (χ4n) is 3.22. The van der Waals surface area contributed by atoms with E-state index in [0.29, 0.717) is 17.2 Å². The standard InChI is InChI=1S/C22H21N3O5S2/c26-21(11-12-25-19-5-1-2-6-20(19)31-15-22(25)27)24-16-7-9-18(10-8-16)32(28,29)23-14-17-4-3-13-30-17/h1-10,13,23H,11-12,14-15H2,(H,24,26).